The predicted octanol–water partition coefficient (Wildman–Crippen LogP) is -0.988. The Kier molecular flexibility index (Phi) is 3.45. The standard InChI is InChI=1S/C7H6F.Li/c1-6-4-2-3-5-7(6)8;/h2-5H,1H2;/q-1;+1. The molecule has 0 aliphatic rings. The van der Waals surface area contributed by atoms with Crippen LogP contribution in [0.2, 0.25) is 0 Å². The largest absolute Gasteiger partial charge is 1.00 e. The van der Waals surface area contributed by atoms with E-state index < -0.39 is 0 Å². The minimum absolute atomic E-state index is 0. The van der Waals surface area contributed by atoms with E-state index in [1.165, 1.54) is 6.07 Å². The van der Waals surface area contributed by atoms with Gasteiger partial charge in [-0.25, -0.2) is 0 Å². The third kappa shape index (κ3) is 2.13. The van der Waals surface area contributed by atoms with Crippen LogP contribution >= 0.6 is 0 Å². The summed E-state index contributed by atoms with van der Waals surface area (Å²) in [7, 11) is 0. The molecule has 0 radical (unpaired) electrons. The van der Waals surface area contributed by atoms with Crippen molar-refractivity contribution < 1.29 is 23.3 Å². The average molecular weight is 116 g/mol. The van der Waals surface area contributed by atoms with Gasteiger partial charge in [-0.1, -0.05) is 12.1 Å². The van der Waals surface area contributed by atoms with E-state index in [4.69, 9.17) is 0 Å². The monoisotopic (exact) mass is 116 g/mol. The fourth-order valence-corrected chi connectivity index (χ4v) is 0.498. The predicted molar refractivity (Wildman–Crippen MR) is 30.9 cm³/mol. The van der Waals surface area contributed by atoms with Crippen LogP contribution in [0.15, 0.2) is 24.3 Å². The summed E-state index contributed by atoms with van der Waals surface area (Å²) in [6.45, 7) is 3.45. The van der Waals surface area contributed by atoms with Crippen LogP contribution in [0.4, 0.5) is 4.39 Å². The zero-order chi connectivity index (χ0) is 5.98. The Labute approximate surface area is 66.3 Å². The van der Waals surface area contributed by atoms with Crippen LogP contribution in [0, 0.1) is 12.7 Å². The Morgan fingerprint density at radius 3 is 2.11 bits per heavy atom. The zero-order valence-corrected chi connectivity index (χ0v) is 5.39. The van der Waals surface area contributed by atoms with Crippen molar-refractivity contribution in [2.24, 2.45) is 0 Å². The van der Waals surface area contributed by atoms with Crippen molar-refractivity contribution in [3.05, 3.63) is 42.6 Å². The number of hydrogen-bond donors (Lipinski definition) is 0. The quantitative estimate of drug-likeness (QED) is 0.301. The Bertz CT molecular complexity index is 165. The second kappa shape index (κ2) is 3.61. The minimum atomic E-state index is -0.243. The molecule has 0 heterocycles. The molecule has 0 spiro atoms. The van der Waals surface area contributed by atoms with Crippen molar-refractivity contribution in [2.75, 3.05) is 0 Å². The number of halogens is 1. The van der Waals surface area contributed by atoms with Crippen molar-refractivity contribution >= 4 is 0 Å². The van der Waals surface area contributed by atoms with E-state index in [2.05, 4.69) is 6.92 Å². The summed E-state index contributed by atoms with van der Waals surface area (Å²) < 4.78 is 12.3. The molecule has 0 fully saturated rings. The number of rotatable bonds is 0. The molecule has 1 aromatic carbocycles. The van der Waals surface area contributed by atoms with Crippen molar-refractivity contribution in [1.82, 2.24) is 0 Å². The molecule has 0 aliphatic carbocycles. The molecule has 0 bridgehead atoms. The van der Waals surface area contributed by atoms with Crippen molar-refractivity contribution in [3.8, 4) is 0 Å². The molecule has 2 heteroatoms. The van der Waals surface area contributed by atoms with Crippen molar-refractivity contribution in [1.29, 1.82) is 0 Å². The van der Waals surface area contributed by atoms with Gasteiger partial charge in [-0.2, -0.15) is 18.6 Å². The summed E-state index contributed by atoms with van der Waals surface area (Å²) in [5, 5.41) is 0. The van der Waals surface area contributed by atoms with E-state index in [0.29, 0.717) is 5.56 Å². The Hall–Kier alpha value is -0.383. The van der Waals surface area contributed by atoms with Crippen LogP contribution in [0.3, 0.4) is 0 Å². The van der Waals surface area contributed by atoms with E-state index >= 15 is 0 Å². The molecule has 1 rings (SSSR count). The molecule has 1 aromatic rings. The van der Waals surface area contributed by atoms with E-state index in [1.54, 1.807) is 18.2 Å². The van der Waals surface area contributed by atoms with Gasteiger partial charge in [0.2, 0.25) is 0 Å². The molecule has 0 atom stereocenters. The van der Waals surface area contributed by atoms with Gasteiger partial charge in [0.15, 0.2) is 0 Å². The van der Waals surface area contributed by atoms with Crippen LogP contribution in [0.25, 0.3) is 0 Å². The Morgan fingerprint density at radius 1 is 1.22 bits per heavy atom. The molecule has 0 amide bonds. The van der Waals surface area contributed by atoms with Crippen LogP contribution in [-0.2, 0) is 0 Å². The molecule has 0 nitrogen and oxygen atoms in total. The van der Waals surface area contributed by atoms with Crippen LogP contribution < -0.4 is 18.9 Å². The average Bonchev–Trinajstić information content (AvgIpc) is 1.77. The summed E-state index contributed by atoms with van der Waals surface area (Å²) in [4.78, 5) is 0. The van der Waals surface area contributed by atoms with Gasteiger partial charge in [0.25, 0.3) is 0 Å². The molecule has 0 N–H and O–H groups in total. The van der Waals surface area contributed by atoms with E-state index in [0.717, 1.165) is 0 Å². The van der Waals surface area contributed by atoms with Crippen LogP contribution in [-0.4, -0.2) is 0 Å². The molecule has 0 unspecified atom stereocenters. The first-order chi connectivity index (χ1) is 3.80. The molecule has 0 saturated carbocycles. The zero-order valence-electron chi connectivity index (χ0n) is 5.39. The first kappa shape index (κ1) is 8.62. The Morgan fingerprint density at radius 2 is 1.78 bits per heavy atom. The maximum absolute atomic E-state index is 12.3. The van der Waals surface area contributed by atoms with Crippen molar-refractivity contribution in [2.45, 2.75) is 0 Å². The van der Waals surface area contributed by atoms with Crippen molar-refractivity contribution in [3.63, 3.8) is 0 Å². The second-order valence-corrected chi connectivity index (χ2v) is 1.59. The molecular formula is C7H6FLi. The fourth-order valence-electron chi connectivity index (χ4n) is 0.498. The summed E-state index contributed by atoms with van der Waals surface area (Å²) in [6, 6.07) is 6.42. The Balaban J connectivity index is 0.000000640. The van der Waals surface area contributed by atoms with Gasteiger partial charge in [0.1, 0.15) is 0 Å². The first-order valence-corrected chi connectivity index (χ1v) is 2.37. The summed E-state index contributed by atoms with van der Waals surface area (Å²) >= 11 is 0. The normalized spacial score (nSPS) is 8.11. The molecule has 0 saturated heterocycles. The molecule has 42 valence electrons. The smallest absolute Gasteiger partial charge is 0.284 e. The fraction of sp³-hybridized carbons (Fsp3) is 0. The molecule has 0 aliphatic heterocycles. The number of benzene rings is 1. The van der Waals surface area contributed by atoms with E-state index in [1.807, 2.05) is 0 Å². The maximum Gasteiger partial charge on any atom is 1.00 e. The third-order valence-corrected chi connectivity index (χ3v) is 0.958. The minimum Gasteiger partial charge on any atom is -0.284 e. The van der Waals surface area contributed by atoms with Crippen LogP contribution in [0.1, 0.15) is 5.56 Å². The van der Waals surface area contributed by atoms with E-state index in [9.17, 15) is 4.39 Å². The second-order valence-electron chi connectivity index (χ2n) is 1.59. The first-order valence-electron chi connectivity index (χ1n) is 2.37. The summed E-state index contributed by atoms with van der Waals surface area (Å²) in [5.41, 5.74) is 0.451. The van der Waals surface area contributed by atoms with Gasteiger partial charge >= 0.3 is 18.9 Å². The van der Waals surface area contributed by atoms with Gasteiger partial charge in [0, 0.05) is 5.82 Å². The topological polar surface area (TPSA) is 0 Å². The van der Waals surface area contributed by atoms with Gasteiger partial charge in [-0.15, -0.1) is 6.07 Å². The van der Waals surface area contributed by atoms with Gasteiger partial charge < -0.3 is 0 Å². The van der Waals surface area contributed by atoms with Gasteiger partial charge in [-0.05, 0) is 0 Å². The maximum atomic E-state index is 12.3. The molecule has 9 heavy (non-hydrogen) atoms. The summed E-state index contributed by atoms with van der Waals surface area (Å²) in [6.07, 6.45) is 0. The van der Waals surface area contributed by atoms with E-state index in [-0.39, 0.29) is 24.7 Å². The SMILES string of the molecule is [CH2-]c1ccccc1F.[Li+]. The number of hydrogen-bond acceptors (Lipinski definition) is 0. The molecular weight excluding hydrogens is 110 g/mol. The summed E-state index contributed by atoms with van der Waals surface area (Å²) in [5.74, 6) is -0.243. The van der Waals surface area contributed by atoms with Gasteiger partial charge in [0.05, 0.1) is 0 Å². The molecule has 0 aromatic heterocycles. The van der Waals surface area contributed by atoms with Crippen LogP contribution in [0.5, 0.6) is 0 Å². The van der Waals surface area contributed by atoms with Gasteiger partial charge in [-0.3, -0.25) is 4.39 Å². The third-order valence-electron chi connectivity index (χ3n) is 0.958.